The first-order chi connectivity index (χ1) is 10.4. The van der Waals surface area contributed by atoms with E-state index in [9.17, 15) is 0 Å². The maximum absolute atomic E-state index is 5.22. The van der Waals surface area contributed by atoms with Crippen LogP contribution in [-0.2, 0) is 6.54 Å². The van der Waals surface area contributed by atoms with Gasteiger partial charge in [0.05, 0.1) is 6.54 Å². The van der Waals surface area contributed by atoms with Crippen molar-refractivity contribution < 1.29 is 4.52 Å². The zero-order chi connectivity index (χ0) is 14.1. The Hall–Kier alpha value is -2.35. The van der Waals surface area contributed by atoms with Crippen molar-refractivity contribution in [1.82, 2.24) is 24.5 Å². The molecule has 3 heterocycles. The van der Waals surface area contributed by atoms with Gasteiger partial charge < -0.3 is 9.84 Å². The number of aromatic nitrogens is 5. The van der Waals surface area contributed by atoms with Crippen LogP contribution in [0, 0.1) is 0 Å². The fraction of sp³-hybridized carbons (Fsp3) is 0.308. The molecule has 106 valence electrons. The zero-order valence-corrected chi connectivity index (χ0v) is 11.9. The van der Waals surface area contributed by atoms with E-state index in [0.29, 0.717) is 24.2 Å². The molecule has 21 heavy (non-hydrogen) atoms. The van der Waals surface area contributed by atoms with Gasteiger partial charge in [-0.15, -0.1) is 0 Å². The smallest absolute Gasteiger partial charge is 0.246 e. The monoisotopic (exact) mass is 300 g/mol. The van der Waals surface area contributed by atoms with E-state index in [1.807, 2.05) is 12.1 Å². The number of anilines is 1. The van der Waals surface area contributed by atoms with Crippen molar-refractivity contribution in [2.24, 2.45) is 0 Å². The van der Waals surface area contributed by atoms with Crippen LogP contribution < -0.4 is 5.32 Å². The molecule has 3 aromatic rings. The fourth-order valence-electron chi connectivity index (χ4n) is 1.91. The van der Waals surface area contributed by atoms with Gasteiger partial charge in [-0.3, -0.25) is 4.98 Å². The van der Waals surface area contributed by atoms with E-state index < -0.39 is 0 Å². The molecule has 0 aliphatic heterocycles. The van der Waals surface area contributed by atoms with Crippen LogP contribution in [0.4, 0.5) is 5.13 Å². The van der Waals surface area contributed by atoms with Crippen LogP contribution in [-0.4, -0.2) is 24.5 Å². The van der Waals surface area contributed by atoms with Crippen molar-refractivity contribution >= 4 is 16.7 Å². The van der Waals surface area contributed by atoms with Gasteiger partial charge in [0.2, 0.25) is 16.8 Å². The van der Waals surface area contributed by atoms with Gasteiger partial charge in [-0.2, -0.15) is 9.36 Å². The summed E-state index contributed by atoms with van der Waals surface area (Å²) in [4.78, 5) is 12.8. The maximum atomic E-state index is 5.22. The van der Waals surface area contributed by atoms with E-state index >= 15 is 0 Å². The Morgan fingerprint density at radius 2 is 2.10 bits per heavy atom. The minimum Gasteiger partial charge on any atom is -0.351 e. The van der Waals surface area contributed by atoms with Crippen LogP contribution in [0.3, 0.4) is 0 Å². The molecule has 0 amide bonds. The molecule has 0 aromatic carbocycles. The number of hydrogen-bond acceptors (Lipinski definition) is 8. The Morgan fingerprint density at radius 1 is 1.24 bits per heavy atom. The topological polar surface area (TPSA) is 89.6 Å². The minimum absolute atomic E-state index is 0.442. The van der Waals surface area contributed by atoms with Gasteiger partial charge in [-0.05, 0) is 25.0 Å². The number of rotatable bonds is 5. The number of nitrogens with one attached hydrogen (secondary N) is 1. The second-order valence-electron chi connectivity index (χ2n) is 4.83. The first-order valence-electron chi connectivity index (χ1n) is 6.69. The van der Waals surface area contributed by atoms with Gasteiger partial charge in [0.25, 0.3) is 0 Å². The summed E-state index contributed by atoms with van der Waals surface area (Å²) in [5.74, 6) is 2.60. The van der Waals surface area contributed by atoms with Crippen LogP contribution in [0.2, 0.25) is 0 Å². The number of nitrogens with zero attached hydrogens (tertiary/aromatic N) is 5. The van der Waals surface area contributed by atoms with E-state index in [0.717, 1.165) is 16.5 Å². The van der Waals surface area contributed by atoms with Crippen molar-refractivity contribution in [2.45, 2.75) is 25.3 Å². The molecule has 0 saturated heterocycles. The standard InChI is InChI=1S/C13H12N6OS/c1-2-8(1)12-17-13(21-19-12)15-7-10-16-11(18-20-10)9-3-5-14-6-4-9/h3-6,8H,1-2,7H2,(H,15,17,19). The number of hydrogen-bond donors (Lipinski definition) is 1. The molecule has 0 bridgehead atoms. The molecule has 0 unspecified atom stereocenters. The third-order valence-corrected chi connectivity index (χ3v) is 3.87. The molecule has 7 nitrogen and oxygen atoms in total. The first kappa shape index (κ1) is 12.4. The summed E-state index contributed by atoms with van der Waals surface area (Å²) in [6, 6.07) is 3.68. The van der Waals surface area contributed by atoms with Crippen molar-refractivity contribution in [2.75, 3.05) is 5.32 Å². The summed E-state index contributed by atoms with van der Waals surface area (Å²) in [6.45, 7) is 0.442. The molecule has 3 aromatic heterocycles. The normalized spacial score (nSPS) is 14.3. The largest absolute Gasteiger partial charge is 0.351 e. The maximum Gasteiger partial charge on any atom is 0.246 e. The van der Waals surface area contributed by atoms with Gasteiger partial charge in [-0.25, -0.2) is 4.98 Å². The van der Waals surface area contributed by atoms with Gasteiger partial charge in [-0.1, -0.05) is 5.16 Å². The van der Waals surface area contributed by atoms with E-state index in [2.05, 4.69) is 29.8 Å². The van der Waals surface area contributed by atoms with Crippen LogP contribution >= 0.6 is 11.5 Å². The van der Waals surface area contributed by atoms with E-state index in [-0.39, 0.29) is 0 Å². The zero-order valence-electron chi connectivity index (χ0n) is 11.1. The molecular weight excluding hydrogens is 288 g/mol. The lowest BCUT2D eigenvalue weighted by molar-refractivity contribution is 0.384. The Balaban J connectivity index is 1.41. The lowest BCUT2D eigenvalue weighted by atomic mass is 10.2. The predicted molar refractivity (Wildman–Crippen MR) is 76.7 cm³/mol. The molecule has 1 N–H and O–H groups in total. The van der Waals surface area contributed by atoms with Gasteiger partial charge in [0, 0.05) is 35.4 Å². The Morgan fingerprint density at radius 3 is 2.90 bits per heavy atom. The SMILES string of the molecule is c1cc(-c2noc(CNc3nc(C4CC4)ns3)n2)ccn1. The van der Waals surface area contributed by atoms with Crippen LogP contribution in [0.1, 0.15) is 30.5 Å². The van der Waals surface area contributed by atoms with Gasteiger partial charge in [0.15, 0.2) is 0 Å². The van der Waals surface area contributed by atoms with Crippen molar-refractivity contribution in [3.63, 3.8) is 0 Å². The predicted octanol–water partition coefficient (Wildman–Crippen LogP) is 2.47. The second kappa shape index (κ2) is 5.21. The first-order valence-corrected chi connectivity index (χ1v) is 7.46. The molecule has 1 aliphatic carbocycles. The van der Waals surface area contributed by atoms with Crippen LogP contribution in [0.15, 0.2) is 29.0 Å². The molecule has 1 saturated carbocycles. The highest BCUT2D eigenvalue weighted by Gasteiger charge is 2.27. The Kier molecular flexibility index (Phi) is 3.07. The molecule has 4 rings (SSSR count). The van der Waals surface area contributed by atoms with Crippen LogP contribution in [0.5, 0.6) is 0 Å². The molecule has 1 fully saturated rings. The van der Waals surface area contributed by atoms with Crippen molar-refractivity contribution in [1.29, 1.82) is 0 Å². The van der Waals surface area contributed by atoms with Gasteiger partial charge in [0.1, 0.15) is 5.82 Å². The summed E-state index contributed by atoms with van der Waals surface area (Å²) < 4.78 is 9.56. The summed E-state index contributed by atoms with van der Waals surface area (Å²) in [6.07, 6.45) is 5.80. The fourth-order valence-corrected chi connectivity index (χ4v) is 2.55. The lowest BCUT2D eigenvalue weighted by Crippen LogP contribution is -1.99. The quantitative estimate of drug-likeness (QED) is 0.774. The molecule has 0 spiro atoms. The highest BCUT2D eigenvalue weighted by atomic mass is 32.1. The van der Waals surface area contributed by atoms with Crippen molar-refractivity contribution in [3.8, 4) is 11.4 Å². The highest BCUT2D eigenvalue weighted by molar-refractivity contribution is 7.09. The lowest BCUT2D eigenvalue weighted by Gasteiger charge is -1.95. The molecule has 1 aliphatic rings. The highest BCUT2D eigenvalue weighted by Crippen LogP contribution is 2.39. The van der Waals surface area contributed by atoms with Gasteiger partial charge >= 0.3 is 0 Å². The third-order valence-electron chi connectivity index (χ3n) is 3.18. The van der Waals surface area contributed by atoms with E-state index in [1.165, 1.54) is 24.4 Å². The summed E-state index contributed by atoms with van der Waals surface area (Å²) in [7, 11) is 0. The Labute approximate surface area is 124 Å². The number of pyridine rings is 1. The van der Waals surface area contributed by atoms with E-state index in [4.69, 9.17) is 4.52 Å². The average Bonchev–Trinajstić information content (AvgIpc) is 3.09. The molecule has 0 radical (unpaired) electrons. The summed E-state index contributed by atoms with van der Waals surface area (Å²) in [5.41, 5.74) is 0.881. The summed E-state index contributed by atoms with van der Waals surface area (Å²) >= 11 is 1.37. The molecule has 8 heteroatoms. The van der Waals surface area contributed by atoms with Crippen LogP contribution in [0.25, 0.3) is 11.4 Å². The molecule has 0 atom stereocenters. The van der Waals surface area contributed by atoms with Crippen molar-refractivity contribution in [3.05, 3.63) is 36.2 Å². The minimum atomic E-state index is 0.442. The second-order valence-corrected chi connectivity index (χ2v) is 5.59. The Bertz CT molecular complexity index is 736. The third kappa shape index (κ3) is 2.75. The van der Waals surface area contributed by atoms with E-state index in [1.54, 1.807) is 12.4 Å². The molecular formula is C13H12N6OS. The summed E-state index contributed by atoms with van der Waals surface area (Å²) in [5, 5.41) is 7.91. The average molecular weight is 300 g/mol.